The lowest BCUT2D eigenvalue weighted by atomic mass is 10.2. The van der Waals surface area contributed by atoms with E-state index in [-0.39, 0.29) is 29.9 Å². The number of carbonyl (C=O) groups is 1. The number of halogens is 2. The molecule has 25 heavy (non-hydrogen) atoms. The third-order valence-electron chi connectivity index (χ3n) is 3.13. The molecular formula is C17H22BrIN4OS. The normalized spacial score (nSPS) is 10.7. The molecule has 1 amide bonds. The predicted molar refractivity (Wildman–Crippen MR) is 119 cm³/mol. The lowest BCUT2D eigenvalue weighted by Gasteiger charge is -2.12. The Morgan fingerprint density at radius 3 is 2.68 bits per heavy atom. The molecular weight excluding hydrogens is 515 g/mol. The summed E-state index contributed by atoms with van der Waals surface area (Å²) in [6.45, 7) is 4.59. The molecule has 8 heteroatoms. The van der Waals surface area contributed by atoms with Crippen LogP contribution in [0.15, 0.2) is 50.6 Å². The molecule has 0 saturated carbocycles. The number of guanidine groups is 1. The summed E-state index contributed by atoms with van der Waals surface area (Å²) >= 11 is 5.03. The second-order valence-electron chi connectivity index (χ2n) is 5.02. The van der Waals surface area contributed by atoms with Gasteiger partial charge in [0.2, 0.25) is 0 Å². The van der Waals surface area contributed by atoms with E-state index in [0.29, 0.717) is 25.2 Å². The average molecular weight is 537 g/mol. The maximum Gasteiger partial charge on any atom is 0.251 e. The Kier molecular flexibility index (Phi) is 10.7. The van der Waals surface area contributed by atoms with Gasteiger partial charge in [-0.05, 0) is 47.5 Å². The number of rotatable bonds is 7. The Balaban J connectivity index is 0.00000312. The minimum atomic E-state index is -0.0849. The molecule has 2 rings (SSSR count). The maximum atomic E-state index is 12.0. The zero-order chi connectivity index (χ0) is 17.2. The fourth-order valence-corrected chi connectivity index (χ4v) is 3.04. The molecule has 1 heterocycles. The second kappa shape index (κ2) is 12.3. The molecule has 0 radical (unpaired) electrons. The van der Waals surface area contributed by atoms with Gasteiger partial charge in [-0.2, -0.15) is 11.3 Å². The van der Waals surface area contributed by atoms with E-state index in [1.54, 1.807) is 23.5 Å². The van der Waals surface area contributed by atoms with Crippen molar-refractivity contribution in [2.75, 3.05) is 19.6 Å². The van der Waals surface area contributed by atoms with Gasteiger partial charge in [0, 0.05) is 29.7 Å². The minimum Gasteiger partial charge on any atom is -0.357 e. The number of nitrogens with zero attached hydrogens (tertiary/aromatic N) is 1. The zero-order valence-electron chi connectivity index (χ0n) is 13.9. The molecule has 0 saturated heterocycles. The van der Waals surface area contributed by atoms with Crippen LogP contribution >= 0.6 is 51.2 Å². The average Bonchev–Trinajstić information content (AvgIpc) is 3.09. The van der Waals surface area contributed by atoms with Crippen LogP contribution in [0.1, 0.15) is 22.8 Å². The van der Waals surface area contributed by atoms with Crippen LogP contribution in [0.4, 0.5) is 0 Å². The van der Waals surface area contributed by atoms with E-state index in [1.807, 2.05) is 24.4 Å². The molecule has 0 unspecified atom stereocenters. The van der Waals surface area contributed by atoms with Gasteiger partial charge in [-0.25, -0.2) is 4.99 Å². The number of aliphatic imine (C=N–C) groups is 1. The molecule has 0 aliphatic carbocycles. The van der Waals surface area contributed by atoms with Crippen LogP contribution in [0.25, 0.3) is 0 Å². The monoisotopic (exact) mass is 536 g/mol. The summed E-state index contributed by atoms with van der Waals surface area (Å²) in [5, 5.41) is 13.4. The van der Waals surface area contributed by atoms with Crippen LogP contribution in [-0.4, -0.2) is 31.5 Å². The summed E-state index contributed by atoms with van der Waals surface area (Å²) in [4.78, 5) is 16.6. The first kappa shape index (κ1) is 21.9. The summed E-state index contributed by atoms with van der Waals surface area (Å²) in [6, 6.07) is 9.40. The molecule has 3 N–H and O–H groups in total. The first-order valence-corrected chi connectivity index (χ1v) is 9.49. The fourth-order valence-electron chi connectivity index (χ4n) is 1.98. The first-order chi connectivity index (χ1) is 11.7. The fraction of sp³-hybridized carbons (Fsp3) is 0.294. The summed E-state index contributed by atoms with van der Waals surface area (Å²) in [7, 11) is 0. The van der Waals surface area contributed by atoms with Gasteiger partial charge in [0.25, 0.3) is 5.91 Å². The predicted octanol–water partition coefficient (Wildman–Crippen LogP) is 3.61. The topological polar surface area (TPSA) is 65.5 Å². The van der Waals surface area contributed by atoms with Crippen LogP contribution in [0.5, 0.6) is 0 Å². The summed E-state index contributed by atoms with van der Waals surface area (Å²) in [5.74, 6) is 0.665. The van der Waals surface area contributed by atoms with Crippen molar-refractivity contribution < 1.29 is 4.79 Å². The van der Waals surface area contributed by atoms with Crippen molar-refractivity contribution in [2.24, 2.45) is 4.99 Å². The second-order valence-corrected chi connectivity index (χ2v) is 6.72. The number of amides is 1. The van der Waals surface area contributed by atoms with Gasteiger partial charge < -0.3 is 16.0 Å². The molecule has 0 aliphatic heterocycles. The molecule has 0 atom stereocenters. The lowest BCUT2D eigenvalue weighted by Crippen LogP contribution is -2.41. The van der Waals surface area contributed by atoms with Crippen molar-refractivity contribution in [2.45, 2.75) is 13.5 Å². The highest BCUT2D eigenvalue weighted by Gasteiger charge is 2.05. The molecule has 5 nitrogen and oxygen atoms in total. The van der Waals surface area contributed by atoms with Crippen molar-refractivity contribution in [3.05, 3.63) is 56.7 Å². The van der Waals surface area contributed by atoms with Gasteiger partial charge in [-0.3, -0.25) is 4.79 Å². The number of benzene rings is 1. The highest BCUT2D eigenvalue weighted by Crippen LogP contribution is 2.11. The van der Waals surface area contributed by atoms with Gasteiger partial charge in [0.05, 0.1) is 6.54 Å². The van der Waals surface area contributed by atoms with E-state index < -0.39 is 0 Å². The Hall–Kier alpha value is -1.13. The van der Waals surface area contributed by atoms with E-state index in [9.17, 15) is 4.79 Å². The van der Waals surface area contributed by atoms with Gasteiger partial charge in [0.15, 0.2) is 5.96 Å². The highest BCUT2D eigenvalue weighted by molar-refractivity contribution is 14.0. The lowest BCUT2D eigenvalue weighted by molar-refractivity contribution is 0.0954. The van der Waals surface area contributed by atoms with Crippen molar-refractivity contribution in [3.63, 3.8) is 0 Å². The van der Waals surface area contributed by atoms with Crippen molar-refractivity contribution in [1.29, 1.82) is 0 Å². The summed E-state index contributed by atoms with van der Waals surface area (Å²) < 4.78 is 0.892. The number of hydrogen-bond acceptors (Lipinski definition) is 3. The largest absolute Gasteiger partial charge is 0.357 e. The summed E-state index contributed by atoms with van der Waals surface area (Å²) in [5.41, 5.74) is 1.84. The SMILES string of the molecule is CCNC(=NCc1ccsc1)NCCNC(=O)c1cccc(Br)c1.I. The number of hydrogen-bond donors (Lipinski definition) is 3. The number of nitrogens with one attached hydrogen (secondary N) is 3. The molecule has 0 bridgehead atoms. The Bertz CT molecular complexity index is 679. The third kappa shape index (κ3) is 8.19. The molecule has 2 aromatic rings. The van der Waals surface area contributed by atoms with Gasteiger partial charge in [0.1, 0.15) is 0 Å². The van der Waals surface area contributed by atoms with Crippen molar-refractivity contribution >= 4 is 63.1 Å². The zero-order valence-corrected chi connectivity index (χ0v) is 18.7. The van der Waals surface area contributed by atoms with E-state index in [1.165, 1.54) is 5.56 Å². The van der Waals surface area contributed by atoms with E-state index in [0.717, 1.165) is 17.0 Å². The maximum absolute atomic E-state index is 12.0. The van der Waals surface area contributed by atoms with Crippen LogP contribution in [0.2, 0.25) is 0 Å². The molecule has 136 valence electrons. The molecule has 0 spiro atoms. The molecule has 1 aromatic heterocycles. The van der Waals surface area contributed by atoms with E-state index >= 15 is 0 Å². The van der Waals surface area contributed by atoms with Crippen LogP contribution < -0.4 is 16.0 Å². The van der Waals surface area contributed by atoms with Crippen LogP contribution in [0.3, 0.4) is 0 Å². The van der Waals surface area contributed by atoms with Gasteiger partial charge in [-0.1, -0.05) is 22.0 Å². The number of carbonyl (C=O) groups excluding carboxylic acids is 1. The number of thiophene rings is 1. The molecule has 0 fully saturated rings. The quantitative estimate of drug-likeness (QED) is 0.219. The Labute approximate surface area is 177 Å². The van der Waals surface area contributed by atoms with Crippen LogP contribution in [-0.2, 0) is 6.54 Å². The highest BCUT2D eigenvalue weighted by atomic mass is 127. The smallest absolute Gasteiger partial charge is 0.251 e. The van der Waals surface area contributed by atoms with Gasteiger partial charge >= 0.3 is 0 Å². The van der Waals surface area contributed by atoms with E-state index in [4.69, 9.17) is 0 Å². The van der Waals surface area contributed by atoms with Gasteiger partial charge in [-0.15, -0.1) is 24.0 Å². The van der Waals surface area contributed by atoms with Crippen LogP contribution in [0, 0.1) is 0 Å². The standard InChI is InChI=1S/C17H21BrN4OS.HI/c1-2-19-17(22-11-13-6-9-24-12-13)21-8-7-20-16(23)14-4-3-5-15(18)10-14;/h3-6,9-10,12H,2,7-8,11H2,1H3,(H,20,23)(H2,19,21,22);1H. The Morgan fingerprint density at radius 2 is 2.00 bits per heavy atom. The van der Waals surface area contributed by atoms with E-state index in [2.05, 4.69) is 48.3 Å². The third-order valence-corrected chi connectivity index (χ3v) is 4.36. The Morgan fingerprint density at radius 1 is 1.20 bits per heavy atom. The summed E-state index contributed by atoms with van der Waals surface area (Å²) in [6.07, 6.45) is 0. The van der Waals surface area contributed by atoms with Crippen molar-refractivity contribution in [3.8, 4) is 0 Å². The molecule has 0 aliphatic rings. The van der Waals surface area contributed by atoms with Crippen molar-refractivity contribution in [1.82, 2.24) is 16.0 Å². The molecule has 1 aromatic carbocycles. The first-order valence-electron chi connectivity index (χ1n) is 7.76. The minimum absolute atomic E-state index is 0.